The molecule has 0 unspecified atom stereocenters. The number of pyridine rings is 1. The van der Waals surface area contributed by atoms with Gasteiger partial charge in [0.2, 0.25) is 0 Å². The van der Waals surface area contributed by atoms with Gasteiger partial charge in [0.05, 0.1) is 11.9 Å². The molecule has 29 heavy (non-hydrogen) atoms. The molecule has 1 aliphatic heterocycles. The van der Waals surface area contributed by atoms with Gasteiger partial charge in [0, 0.05) is 38.4 Å². The van der Waals surface area contributed by atoms with Crippen LogP contribution in [0.4, 0.5) is 11.4 Å². The Hall–Kier alpha value is -3.34. The van der Waals surface area contributed by atoms with Crippen LogP contribution in [-0.2, 0) is 6.54 Å². The summed E-state index contributed by atoms with van der Waals surface area (Å²) in [5.74, 6) is -0.145. The third-order valence-electron chi connectivity index (χ3n) is 5.45. The number of carbonyl (C=O) groups is 1. The van der Waals surface area contributed by atoms with Crippen molar-refractivity contribution in [1.82, 2.24) is 10.3 Å². The van der Waals surface area contributed by atoms with Crippen molar-refractivity contribution < 1.29 is 4.79 Å². The summed E-state index contributed by atoms with van der Waals surface area (Å²) in [4.78, 5) is 21.5. The Morgan fingerprint density at radius 1 is 0.862 bits per heavy atom. The lowest BCUT2D eigenvalue weighted by molar-refractivity contribution is 0.0946. The predicted octanol–water partition coefficient (Wildman–Crippen LogP) is 3.65. The van der Waals surface area contributed by atoms with Crippen molar-refractivity contribution in [2.24, 2.45) is 0 Å². The standard InChI is InChI=1S/C24H26N4O/c1-19-7-5-6-8-20(19)17-26-24(29)23-12-11-22(18-25-23)28-15-13-27(14-16-28)21-9-3-2-4-10-21/h2-12,18H,13-17H2,1H3,(H,26,29). The van der Waals surface area contributed by atoms with Crippen LogP contribution in [0.3, 0.4) is 0 Å². The normalized spacial score (nSPS) is 14.0. The number of rotatable bonds is 5. The lowest BCUT2D eigenvalue weighted by Crippen LogP contribution is -2.46. The fourth-order valence-electron chi connectivity index (χ4n) is 3.64. The van der Waals surface area contributed by atoms with Crippen molar-refractivity contribution in [2.45, 2.75) is 13.5 Å². The summed E-state index contributed by atoms with van der Waals surface area (Å²) in [6.45, 7) is 6.39. The minimum Gasteiger partial charge on any atom is -0.368 e. The average molecular weight is 386 g/mol. The lowest BCUT2D eigenvalue weighted by Gasteiger charge is -2.37. The Labute approximate surface area is 172 Å². The van der Waals surface area contributed by atoms with Gasteiger partial charge in [-0.1, -0.05) is 42.5 Å². The van der Waals surface area contributed by atoms with E-state index in [1.54, 1.807) is 6.20 Å². The molecule has 5 nitrogen and oxygen atoms in total. The monoisotopic (exact) mass is 386 g/mol. The second-order valence-electron chi connectivity index (χ2n) is 7.32. The first kappa shape index (κ1) is 19.0. The zero-order valence-electron chi connectivity index (χ0n) is 16.7. The summed E-state index contributed by atoms with van der Waals surface area (Å²) in [5.41, 5.74) is 5.07. The molecular formula is C24H26N4O. The number of nitrogens with zero attached hydrogens (tertiary/aromatic N) is 3. The fourth-order valence-corrected chi connectivity index (χ4v) is 3.64. The third-order valence-corrected chi connectivity index (χ3v) is 5.45. The van der Waals surface area contributed by atoms with Crippen LogP contribution < -0.4 is 15.1 Å². The van der Waals surface area contributed by atoms with E-state index in [2.05, 4.69) is 44.4 Å². The molecule has 0 aliphatic carbocycles. The van der Waals surface area contributed by atoms with E-state index in [-0.39, 0.29) is 5.91 Å². The van der Waals surface area contributed by atoms with E-state index in [1.807, 2.05) is 49.4 Å². The molecule has 1 saturated heterocycles. The second kappa shape index (κ2) is 8.78. The van der Waals surface area contributed by atoms with Crippen molar-refractivity contribution in [3.05, 3.63) is 89.7 Å². The zero-order valence-corrected chi connectivity index (χ0v) is 16.7. The Kier molecular flexibility index (Phi) is 5.75. The summed E-state index contributed by atoms with van der Waals surface area (Å²) in [6, 6.07) is 22.4. The fraction of sp³-hybridized carbons (Fsp3) is 0.250. The molecule has 0 radical (unpaired) electrons. The molecule has 3 aromatic rings. The van der Waals surface area contributed by atoms with Crippen LogP contribution in [-0.4, -0.2) is 37.1 Å². The Morgan fingerprint density at radius 3 is 2.17 bits per heavy atom. The highest BCUT2D eigenvalue weighted by molar-refractivity contribution is 5.92. The van der Waals surface area contributed by atoms with Crippen LogP contribution in [0.15, 0.2) is 72.9 Å². The van der Waals surface area contributed by atoms with Crippen LogP contribution in [0.2, 0.25) is 0 Å². The van der Waals surface area contributed by atoms with Gasteiger partial charge in [-0.3, -0.25) is 4.79 Å². The highest BCUT2D eigenvalue weighted by Gasteiger charge is 2.18. The summed E-state index contributed by atoms with van der Waals surface area (Å²) in [7, 11) is 0. The number of carbonyl (C=O) groups excluding carboxylic acids is 1. The quantitative estimate of drug-likeness (QED) is 0.727. The molecule has 148 valence electrons. The Bertz CT molecular complexity index is 948. The highest BCUT2D eigenvalue weighted by Crippen LogP contribution is 2.20. The molecule has 5 heteroatoms. The van der Waals surface area contributed by atoms with Gasteiger partial charge < -0.3 is 15.1 Å². The van der Waals surface area contributed by atoms with Crippen molar-refractivity contribution in [3.63, 3.8) is 0 Å². The van der Waals surface area contributed by atoms with Gasteiger partial charge in [-0.2, -0.15) is 0 Å². The molecule has 0 saturated carbocycles. The van der Waals surface area contributed by atoms with Gasteiger partial charge >= 0.3 is 0 Å². The molecule has 1 aliphatic rings. The number of anilines is 2. The van der Waals surface area contributed by atoms with E-state index in [9.17, 15) is 4.79 Å². The van der Waals surface area contributed by atoms with Crippen molar-refractivity contribution in [3.8, 4) is 0 Å². The SMILES string of the molecule is Cc1ccccc1CNC(=O)c1ccc(N2CCN(c3ccccc3)CC2)cn1. The molecule has 2 aromatic carbocycles. The van der Waals surface area contributed by atoms with Gasteiger partial charge in [-0.05, 0) is 42.3 Å². The van der Waals surface area contributed by atoms with E-state index in [0.717, 1.165) is 37.4 Å². The number of benzene rings is 2. The number of hydrogen-bond donors (Lipinski definition) is 1. The molecular weight excluding hydrogens is 360 g/mol. The van der Waals surface area contributed by atoms with Gasteiger partial charge in [-0.15, -0.1) is 0 Å². The number of hydrogen-bond acceptors (Lipinski definition) is 4. The zero-order chi connectivity index (χ0) is 20.1. The molecule has 1 amide bonds. The van der Waals surface area contributed by atoms with Crippen molar-refractivity contribution in [2.75, 3.05) is 36.0 Å². The smallest absolute Gasteiger partial charge is 0.270 e. The van der Waals surface area contributed by atoms with Crippen LogP contribution in [0.25, 0.3) is 0 Å². The average Bonchev–Trinajstić information content (AvgIpc) is 2.79. The molecule has 1 fully saturated rings. The second-order valence-corrected chi connectivity index (χ2v) is 7.32. The van der Waals surface area contributed by atoms with E-state index in [1.165, 1.54) is 11.3 Å². The highest BCUT2D eigenvalue weighted by atomic mass is 16.1. The summed E-state index contributed by atoms with van der Waals surface area (Å²) in [6.07, 6.45) is 1.81. The first-order valence-electron chi connectivity index (χ1n) is 10.0. The van der Waals surface area contributed by atoms with Crippen molar-refractivity contribution >= 4 is 17.3 Å². The number of nitrogens with one attached hydrogen (secondary N) is 1. The van der Waals surface area contributed by atoms with Crippen LogP contribution in [0.1, 0.15) is 21.6 Å². The molecule has 2 heterocycles. The van der Waals surface area contributed by atoms with Gasteiger partial charge in [0.15, 0.2) is 0 Å². The van der Waals surface area contributed by atoms with Crippen LogP contribution in [0.5, 0.6) is 0 Å². The topological polar surface area (TPSA) is 48.5 Å². The van der Waals surface area contributed by atoms with E-state index >= 15 is 0 Å². The molecule has 0 atom stereocenters. The molecule has 4 rings (SSSR count). The number of piperazine rings is 1. The largest absolute Gasteiger partial charge is 0.368 e. The van der Waals surface area contributed by atoms with Crippen LogP contribution >= 0.6 is 0 Å². The number of amides is 1. The van der Waals surface area contributed by atoms with Crippen molar-refractivity contribution in [1.29, 1.82) is 0 Å². The lowest BCUT2D eigenvalue weighted by atomic mass is 10.1. The maximum Gasteiger partial charge on any atom is 0.270 e. The summed E-state index contributed by atoms with van der Waals surface area (Å²) in [5, 5.41) is 2.96. The van der Waals surface area contributed by atoms with Crippen LogP contribution in [0, 0.1) is 6.92 Å². The maximum absolute atomic E-state index is 12.4. The maximum atomic E-state index is 12.4. The van der Waals surface area contributed by atoms with Gasteiger partial charge in [0.25, 0.3) is 5.91 Å². The Balaban J connectivity index is 1.32. The van der Waals surface area contributed by atoms with E-state index in [4.69, 9.17) is 0 Å². The molecule has 1 aromatic heterocycles. The summed E-state index contributed by atoms with van der Waals surface area (Å²) < 4.78 is 0. The third kappa shape index (κ3) is 4.57. The summed E-state index contributed by atoms with van der Waals surface area (Å²) >= 11 is 0. The van der Waals surface area contributed by atoms with E-state index < -0.39 is 0 Å². The number of para-hydroxylation sites is 1. The first-order chi connectivity index (χ1) is 14.2. The molecule has 1 N–H and O–H groups in total. The number of aryl methyl sites for hydroxylation is 1. The number of aromatic nitrogens is 1. The molecule has 0 bridgehead atoms. The first-order valence-corrected chi connectivity index (χ1v) is 10.0. The minimum absolute atomic E-state index is 0.145. The van der Waals surface area contributed by atoms with E-state index in [0.29, 0.717) is 12.2 Å². The minimum atomic E-state index is -0.145. The predicted molar refractivity (Wildman–Crippen MR) is 117 cm³/mol. The Morgan fingerprint density at radius 2 is 1.52 bits per heavy atom. The molecule has 0 spiro atoms. The van der Waals surface area contributed by atoms with Gasteiger partial charge in [-0.25, -0.2) is 4.98 Å². The van der Waals surface area contributed by atoms with Gasteiger partial charge in [0.1, 0.15) is 5.69 Å².